The van der Waals surface area contributed by atoms with Crippen LogP contribution >= 0.6 is 8.03 Å². The number of hydrogen-bond donors (Lipinski definition) is 0. The van der Waals surface area contributed by atoms with E-state index in [0.717, 1.165) is 25.7 Å². The van der Waals surface area contributed by atoms with Crippen LogP contribution in [0.5, 0.6) is 0 Å². The van der Waals surface area contributed by atoms with Gasteiger partial charge in [0.25, 0.3) is 0 Å². The monoisotopic (exact) mass is 203 g/mol. The molecule has 0 fully saturated rings. The summed E-state index contributed by atoms with van der Waals surface area (Å²) in [6.07, 6.45) is 7.38. The van der Waals surface area contributed by atoms with Gasteiger partial charge in [0.05, 0.1) is 0 Å². The van der Waals surface area contributed by atoms with Gasteiger partial charge in [-0.05, 0) is 29.9 Å². The predicted molar refractivity (Wildman–Crippen MR) is 57.1 cm³/mol. The van der Waals surface area contributed by atoms with E-state index in [0.29, 0.717) is 6.61 Å². The lowest BCUT2D eigenvalue weighted by Gasteiger charge is -1.86. The number of unbranched alkanes of at least 4 members (excludes halogenated alkanes) is 3. The molecule has 0 saturated heterocycles. The summed E-state index contributed by atoms with van der Waals surface area (Å²) in [6.45, 7) is 4.85. The fourth-order valence-corrected chi connectivity index (χ4v) is 1.54. The quantitative estimate of drug-likeness (QED) is 0.435. The highest BCUT2D eigenvalue weighted by molar-refractivity contribution is 7.42. The first-order valence-electron chi connectivity index (χ1n) is 5.07. The van der Waals surface area contributed by atoms with Crippen molar-refractivity contribution in [3.05, 3.63) is 11.9 Å². The van der Waals surface area contributed by atoms with Crippen LogP contribution in [0.25, 0.3) is 0 Å². The van der Waals surface area contributed by atoms with Gasteiger partial charge >= 0.3 is 8.03 Å². The summed E-state index contributed by atoms with van der Waals surface area (Å²) >= 11 is 0. The van der Waals surface area contributed by atoms with E-state index in [2.05, 4.69) is 13.8 Å². The Morgan fingerprint density at radius 3 is 2.54 bits per heavy atom. The smallest absolute Gasteiger partial charge is 0.142 e. The molecule has 3 heteroatoms. The lowest BCUT2D eigenvalue weighted by atomic mass is 10.2. The van der Waals surface area contributed by atoms with Crippen molar-refractivity contribution in [2.75, 3.05) is 6.61 Å². The van der Waals surface area contributed by atoms with Gasteiger partial charge in [0, 0.05) is 0 Å². The minimum atomic E-state index is -1.54. The van der Waals surface area contributed by atoms with Gasteiger partial charge in [-0.15, -0.1) is 4.52 Å². The van der Waals surface area contributed by atoms with E-state index >= 15 is 0 Å². The van der Waals surface area contributed by atoms with E-state index in [-0.39, 0.29) is 0 Å². The van der Waals surface area contributed by atoms with Crippen LogP contribution in [0.4, 0.5) is 0 Å². The number of allylic oxidation sites excluding steroid dienone is 1. The Morgan fingerprint density at radius 1 is 1.23 bits per heavy atom. The van der Waals surface area contributed by atoms with Crippen molar-refractivity contribution in [2.24, 2.45) is 0 Å². The molecule has 0 saturated carbocycles. The largest absolute Gasteiger partial charge is 0.540 e. The average molecular weight is 203 g/mol. The molecular weight excluding hydrogens is 183 g/mol. The maximum absolute atomic E-state index is 11.1. The Balaban J connectivity index is 3.33. The lowest BCUT2D eigenvalue weighted by Crippen LogP contribution is -1.82. The second-order valence-corrected chi connectivity index (χ2v) is 4.13. The summed E-state index contributed by atoms with van der Waals surface area (Å²) in [6, 6.07) is 0. The SMILES string of the molecule is CCCCC=C[P+](=O)OCCCC. The molecule has 0 radical (unpaired) electrons. The van der Waals surface area contributed by atoms with Crippen molar-refractivity contribution in [1.82, 2.24) is 0 Å². The fraction of sp³-hybridized carbons (Fsp3) is 0.800. The standard InChI is InChI=1S/C10H20O2P/c1-3-5-7-8-10-13(11)12-9-6-4-2/h8,10H,3-7,9H2,1-2H3/q+1. The third-order valence-corrected chi connectivity index (χ3v) is 2.56. The molecule has 0 aromatic heterocycles. The first kappa shape index (κ1) is 12.8. The first-order chi connectivity index (χ1) is 6.31. The minimum absolute atomic E-state index is 0.615. The molecule has 0 N–H and O–H groups in total. The zero-order valence-electron chi connectivity index (χ0n) is 8.66. The molecule has 13 heavy (non-hydrogen) atoms. The van der Waals surface area contributed by atoms with Crippen LogP contribution in [-0.2, 0) is 9.09 Å². The molecule has 2 nitrogen and oxygen atoms in total. The molecule has 0 aliphatic heterocycles. The average Bonchev–Trinajstić information content (AvgIpc) is 2.13. The number of hydrogen-bond acceptors (Lipinski definition) is 2. The summed E-state index contributed by atoms with van der Waals surface area (Å²) in [5.74, 6) is 1.68. The molecular formula is C10H20O2P+. The fourth-order valence-electron chi connectivity index (χ4n) is 0.824. The molecule has 0 aromatic carbocycles. The van der Waals surface area contributed by atoms with Gasteiger partial charge in [-0.1, -0.05) is 26.7 Å². The van der Waals surface area contributed by atoms with E-state index in [1.807, 2.05) is 6.08 Å². The van der Waals surface area contributed by atoms with Crippen molar-refractivity contribution in [1.29, 1.82) is 0 Å². The van der Waals surface area contributed by atoms with Crippen LogP contribution in [0.1, 0.15) is 46.0 Å². The van der Waals surface area contributed by atoms with Crippen LogP contribution in [0, 0.1) is 0 Å². The Bertz CT molecular complexity index is 155. The summed E-state index contributed by atoms with van der Waals surface area (Å²) in [7, 11) is -1.54. The third-order valence-electron chi connectivity index (χ3n) is 1.67. The van der Waals surface area contributed by atoms with Gasteiger partial charge in [0.2, 0.25) is 0 Å². The zero-order chi connectivity index (χ0) is 9.94. The Morgan fingerprint density at radius 2 is 1.92 bits per heavy atom. The highest BCUT2D eigenvalue weighted by Gasteiger charge is 2.10. The first-order valence-corrected chi connectivity index (χ1v) is 6.31. The molecule has 0 spiro atoms. The number of rotatable bonds is 8. The summed E-state index contributed by atoms with van der Waals surface area (Å²) in [5.41, 5.74) is 0. The van der Waals surface area contributed by atoms with Crippen LogP contribution in [0.2, 0.25) is 0 Å². The molecule has 0 amide bonds. The van der Waals surface area contributed by atoms with Gasteiger partial charge in [-0.2, -0.15) is 0 Å². The topological polar surface area (TPSA) is 26.3 Å². The molecule has 0 aliphatic rings. The van der Waals surface area contributed by atoms with Crippen molar-refractivity contribution in [2.45, 2.75) is 46.0 Å². The van der Waals surface area contributed by atoms with Crippen LogP contribution < -0.4 is 0 Å². The van der Waals surface area contributed by atoms with E-state index < -0.39 is 8.03 Å². The zero-order valence-corrected chi connectivity index (χ0v) is 9.56. The maximum Gasteiger partial charge on any atom is 0.540 e. The molecule has 76 valence electrons. The molecule has 0 aromatic rings. The molecule has 0 heterocycles. The third kappa shape index (κ3) is 9.72. The summed E-state index contributed by atoms with van der Waals surface area (Å²) in [4.78, 5) is 0. The lowest BCUT2D eigenvalue weighted by molar-refractivity contribution is 0.326. The normalized spacial score (nSPS) is 12.3. The second kappa shape index (κ2) is 9.88. The van der Waals surface area contributed by atoms with E-state index in [4.69, 9.17) is 4.52 Å². The van der Waals surface area contributed by atoms with Gasteiger partial charge in [-0.25, -0.2) is 0 Å². The highest BCUT2D eigenvalue weighted by atomic mass is 31.1. The Labute approximate surface area is 82.2 Å². The molecule has 1 atom stereocenters. The highest BCUT2D eigenvalue weighted by Crippen LogP contribution is 2.24. The second-order valence-electron chi connectivity index (χ2n) is 3.00. The van der Waals surface area contributed by atoms with Gasteiger partial charge in [0.15, 0.2) is 5.82 Å². The molecule has 0 aliphatic carbocycles. The Kier molecular flexibility index (Phi) is 9.73. The van der Waals surface area contributed by atoms with E-state index in [1.54, 1.807) is 5.82 Å². The predicted octanol–water partition coefficient (Wildman–Crippen LogP) is 4.25. The van der Waals surface area contributed by atoms with E-state index in [1.165, 1.54) is 6.42 Å². The van der Waals surface area contributed by atoms with Crippen molar-refractivity contribution in [3.8, 4) is 0 Å². The van der Waals surface area contributed by atoms with Crippen molar-refractivity contribution >= 4 is 8.03 Å². The molecule has 0 rings (SSSR count). The molecule has 1 unspecified atom stereocenters. The van der Waals surface area contributed by atoms with Crippen LogP contribution in [-0.4, -0.2) is 6.61 Å². The minimum Gasteiger partial charge on any atom is -0.142 e. The van der Waals surface area contributed by atoms with Crippen molar-refractivity contribution < 1.29 is 9.09 Å². The van der Waals surface area contributed by atoms with Gasteiger partial charge in [-0.3, -0.25) is 0 Å². The van der Waals surface area contributed by atoms with Gasteiger partial charge < -0.3 is 0 Å². The maximum atomic E-state index is 11.1. The summed E-state index contributed by atoms with van der Waals surface area (Å²) in [5, 5.41) is 0. The summed E-state index contributed by atoms with van der Waals surface area (Å²) < 4.78 is 16.2. The Hall–Kier alpha value is -0.200. The van der Waals surface area contributed by atoms with E-state index in [9.17, 15) is 4.57 Å². The van der Waals surface area contributed by atoms with Crippen LogP contribution in [0.3, 0.4) is 0 Å². The van der Waals surface area contributed by atoms with Gasteiger partial charge in [0.1, 0.15) is 6.61 Å². The van der Waals surface area contributed by atoms with Crippen molar-refractivity contribution in [3.63, 3.8) is 0 Å². The molecule has 0 bridgehead atoms. The van der Waals surface area contributed by atoms with Crippen LogP contribution in [0.15, 0.2) is 11.9 Å².